The van der Waals surface area contributed by atoms with Gasteiger partial charge in [0, 0.05) is 17.9 Å². The van der Waals surface area contributed by atoms with Gasteiger partial charge in [0.1, 0.15) is 4.38 Å². The smallest absolute Gasteiger partial charge is 0.339 e. The zero-order valence-corrected chi connectivity index (χ0v) is 13.3. The Kier molecular flexibility index (Phi) is 6.13. The predicted octanol–water partition coefficient (Wildman–Crippen LogP) is 2.64. The first-order chi connectivity index (χ1) is 10.2. The fraction of sp³-hybridized carbons (Fsp3) is 0.357. The molecule has 1 aliphatic rings. The van der Waals surface area contributed by atoms with Crippen LogP contribution in [0.2, 0.25) is 0 Å². The van der Waals surface area contributed by atoms with Crippen LogP contribution in [-0.4, -0.2) is 41.4 Å². The van der Waals surface area contributed by atoms with Crippen LogP contribution in [0.5, 0.6) is 0 Å². The average molecular weight is 324 g/mol. The lowest BCUT2D eigenvalue weighted by Gasteiger charge is -2.09. The van der Waals surface area contributed by atoms with E-state index in [0.29, 0.717) is 23.4 Å². The molecular weight excluding hydrogens is 308 g/mol. The third-order valence-corrected chi connectivity index (χ3v) is 4.97. The molecule has 0 bridgehead atoms. The molecule has 0 atom stereocenters. The Labute approximate surface area is 131 Å². The number of hydrogen-bond acceptors (Lipinski definition) is 6. The minimum absolute atomic E-state index is 0.123. The number of benzene rings is 1. The lowest BCUT2D eigenvalue weighted by molar-refractivity contribution is -0.115. The van der Waals surface area contributed by atoms with Crippen LogP contribution in [0, 0.1) is 0 Å². The van der Waals surface area contributed by atoms with E-state index in [0.717, 1.165) is 16.7 Å². The van der Waals surface area contributed by atoms with Crippen molar-refractivity contribution in [3.63, 3.8) is 0 Å². The summed E-state index contributed by atoms with van der Waals surface area (Å²) in [5.41, 5.74) is 0.837. The highest BCUT2D eigenvalue weighted by molar-refractivity contribution is 8.39. The van der Waals surface area contributed by atoms with Crippen molar-refractivity contribution < 1.29 is 14.3 Å². The fourth-order valence-corrected chi connectivity index (χ4v) is 3.74. The lowest BCUT2D eigenvalue weighted by atomic mass is 10.2. The molecule has 5 nitrogen and oxygen atoms in total. The van der Waals surface area contributed by atoms with Crippen molar-refractivity contribution in [1.29, 1.82) is 0 Å². The Morgan fingerprint density at radius 1 is 1.43 bits per heavy atom. The van der Waals surface area contributed by atoms with Crippen LogP contribution in [0.25, 0.3) is 0 Å². The summed E-state index contributed by atoms with van der Waals surface area (Å²) in [4.78, 5) is 27.8. The van der Waals surface area contributed by atoms with Gasteiger partial charge in [-0.2, -0.15) is 0 Å². The van der Waals surface area contributed by atoms with Gasteiger partial charge in [0.15, 0.2) is 0 Å². The fourth-order valence-electron chi connectivity index (χ4n) is 1.73. The molecule has 2 rings (SSSR count). The SMILES string of the molecule is COC(=O)c1ccccc1NC(=O)CCSC1=NCCS1. The normalized spacial score (nSPS) is 13.7. The summed E-state index contributed by atoms with van der Waals surface area (Å²) in [6.45, 7) is 0.867. The number of rotatable bonds is 5. The number of carbonyl (C=O) groups excluding carboxylic acids is 2. The molecule has 0 spiro atoms. The van der Waals surface area contributed by atoms with Gasteiger partial charge in [-0.25, -0.2) is 4.79 Å². The van der Waals surface area contributed by atoms with E-state index in [1.54, 1.807) is 47.8 Å². The van der Waals surface area contributed by atoms with Crippen molar-refractivity contribution >= 4 is 45.5 Å². The molecule has 7 heteroatoms. The van der Waals surface area contributed by atoms with Gasteiger partial charge in [-0.15, -0.1) is 0 Å². The number of thioether (sulfide) groups is 2. The first kappa shape index (κ1) is 15.9. The van der Waals surface area contributed by atoms with E-state index in [9.17, 15) is 9.59 Å². The Bertz CT molecular complexity index is 561. The molecular formula is C14H16N2O3S2. The highest BCUT2D eigenvalue weighted by Gasteiger charge is 2.14. The second kappa shape index (κ2) is 8.09. The number of carbonyl (C=O) groups is 2. The second-order valence-electron chi connectivity index (χ2n) is 4.18. The zero-order chi connectivity index (χ0) is 15.1. The summed E-state index contributed by atoms with van der Waals surface area (Å²) in [7, 11) is 1.32. The van der Waals surface area contributed by atoms with E-state index >= 15 is 0 Å². The van der Waals surface area contributed by atoms with Crippen LogP contribution in [0.4, 0.5) is 5.69 Å². The molecule has 21 heavy (non-hydrogen) atoms. The average Bonchev–Trinajstić information content (AvgIpc) is 3.00. The molecule has 1 aromatic carbocycles. The number of esters is 1. The van der Waals surface area contributed by atoms with Gasteiger partial charge in [0.25, 0.3) is 0 Å². The van der Waals surface area contributed by atoms with Crippen molar-refractivity contribution in [2.24, 2.45) is 4.99 Å². The van der Waals surface area contributed by atoms with Crippen LogP contribution >= 0.6 is 23.5 Å². The van der Waals surface area contributed by atoms with E-state index in [4.69, 9.17) is 4.74 Å². The molecule has 0 unspecified atom stereocenters. The molecule has 1 N–H and O–H groups in total. The Morgan fingerprint density at radius 3 is 2.95 bits per heavy atom. The molecule has 0 fully saturated rings. The number of nitrogens with one attached hydrogen (secondary N) is 1. The van der Waals surface area contributed by atoms with Crippen LogP contribution in [-0.2, 0) is 9.53 Å². The predicted molar refractivity (Wildman–Crippen MR) is 88.2 cm³/mol. The number of amides is 1. The van der Waals surface area contributed by atoms with Crippen molar-refractivity contribution in [1.82, 2.24) is 0 Å². The van der Waals surface area contributed by atoms with Crippen molar-refractivity contribution in [3.8, 4) is 0 Å². The van der Waals surface area contributed by atoms with Crippen molar-refractivity contribution in [2.45, 2.75) is 6.42 Å². The Hall–Kier alpha value is -1.47. The number of anilines is 1. The zero-order valence-electron chi connectivity index (χ0n) is 11.6. The van der Waals surface area contributed by atoms with E-state index in [-0.39, 0.29) is 5.91 Å². The third kappa shape index (κ3) is 4.78. The quantitative estimate of drug-likeness (QED) is 0.843. The van der Waals surface area contributed by atoms with Crippen LogP contribution in [0.1, 0.15) is 16.8 Å². The molecule has 1 aliphatic heterocycles. The van der Waals surface area contributed by atoms with Gasteiger partial charge in [0.2, 0.25) is 5.91 Å². The largest absolute Gasteiger partial charge is 0.465 e. The Morgan fingerprint density at radius 2 is 2.24 bits per heavy atom. The summed E-state index contributed by atoms with van der Waals surface area (Å²) in [6.07, 6.45) is 0.375. The van der Waals surface area contributed by atoms with Gasteiger partial charge in [0.05, 0.1) is 24.9 Å². The van der Waals surface area contributed by atoms with Gasteiger partial charge < -0.3 is 10.1 Å². The summed E-state index contributed by atoms with van der Waals surface area (Å²) >= 11 is 3.33. The summed E-state index contributed by atoms with van der Waals surface area (Å²) in [5.74, 6) is 1.12. The highest BCUT2D eigenvalue weighted by atomic mass is 32.2. The number of ether oxygens (including phenoxy) is 1. The Balaban J connectivity index is 1.86. The second-order valence-corrected chi connectivity index (χ2v) is 6.61. The molecule has 0 aliphatic carbocycles. The number of para-hydroxylation sites is 1. The van der Waals surface area contributed by atoms with E-state index < -0.39 is 5.97 Å². The maximum Gasteiger partial charge on any atom is 0.339 e. The standard InChI is InChI=1S/C14H16N2O3S2/c1-19-13(18)10-4-2-3-5-11(10)16-12(17)6-8-20-14-15-7-9-21-14/h2-5H,6-9H2,1H3,(H,16,17). The number of aliphatic imine (C=N–C) groups is 1. The molecule has 112 valence electrons. The first-order valence-corrected chi connectivity index (χ1v) is 8.45. The molecule has 1 heterocycles. The van der Waals surface area contributed by atoms with Crippen LogP contribution < -0.4 is 5.32 Å². The van der Waals surface area contributed by atoms with Gasteiger partial charge in [-0.05, 0) is 12.1 Å². The lowest BCUT2D eigenvalue weighted by Crippen LogP contribution is -2.15. The first-order valence-electron chi connectivity index (χ1n) is 6.48. The molecule has 1 amide bonds. The summed E-state index contributed by atoms with van der Waals surface area (Å²) < 4.78 is 5.75. The highest BCUT2D eigenvalue weighted by Crippen LogP contribution is 2.23. The van der Waals surface area contributed by atoms with Crippen LogP contribution in [0.3, 0.4) is 0 Å². The topological polar surface area (TPSA) is 67.8 Å². The third-order valence-electron chi connectivity index (χ3n) is 2.72. The van der Waals surface area contributed by atoms with Gasteiger partial charge in [-0.3, -0.25) is 9.79 Å². The maximum atomic E-state index is 11.9. The van der Waals surface area contributed by atoms with Crippen molar-refractivity contribution in [3.05, 3.63) is 29.8 Å². The molecule has 1 aromatic rings. The van der Waals surface area contributed by atoms with E-state index in [1.807, 2.05) is 0 Å². The monoisotopic (exact) mass is 324 g/mol. The maximum absolute atomic E-state index is 11.9. The van der Waals surface area contributed by atoms with Crippen LogP contribution in [0.15, 0.2) is 29.3 Å². The molecule has 0 radical (unpaired) electrons. The van der Waals surface area contributed by atoms with Gasteiger partial charge >= 0.3 is 5.97 Å². The number of nitrogens with zero attached hydrogens (tertiary/aromatic N) is 1. The molecule has 0 aromatic heterocycles. The minimum Gasteiger partial charge on any atom is -0.465 e. The summed E-state index contributed by atoms with van der Waals surface area (Å²) in [5, 5.41) is 2.75. The van der Waals surface area contributed by atoms with Crippen molar-refractivity contribution in [2.75, 3.05) is 30.5 Å². The number of methoxy groups -OCH3 is 1. The van der Waals surface area contributed by atoms with E-state index in [1.165, 1.54) is 7.11 Å². The molecule has 0 saturated heterocycles. The molecule has 0 saturated carbocycles. The number of hydrogen-bond donors (Lipinski definition) is 1. The summed E-state index contributed by atoms with van der Waals surface area (Å²) in [6, 6.07) is 6.81. The van der Waals surface area contributed by atoms with E-state index in [2.05, 4.69) is 10.3 Å². The van der Waals surface area contributed by atoms with Gasteiger partial charge in [-0.1, -0.05) is 35.7 Å². The minimum atomic E-state index is -0.461.